The molecular formula is C15H23ClN2O3. The molecular weight excluding hydrogens is 292 g/mol. The Hall–Kier alpha value is -1.14. The molecule has 0 saturated heterocycles. The largest absolute Gasteiger partial charge is 0.395 e. The first-order chi connectivity index (χ1) is 9.97. The van der Waals surface area contributed by atoms with Crippen molar-refractivity contribution in [2.75, 3.05) is 45.3 Å². The van der Waals surface area contributed by atoms with E-state index in [9.17, 15) is 4.79 Å². The molecule has 0 radical (unpaired) electrons. The van der Waals surface area contributed by atoms with Gasteiger partial charge < -0.3 is 15.2 Å². The minimum atomic E-state index is -0.159. The second-order valence-electron chi connectivity index (χ2n) is 4.98. The van der Waals surface area contributed by atoms with Crippen LogP contribution in [-0.4, -0.2) is 55.9 Å². The average molecular weight is 315 g/mol. The van der Waals surface area contributed by atoms with E-state index < -0.39 is 0 Å². The topological polar surface area (TPSA) is 61.8 Å². The number of carbonyl (C=O) groups is 1. The van der Waals surface area contributed by atoms with E-state index in [0.29, 0.717) is 30.4 Å². The van der Waals surface area contributed by atoms with E-state index >= 15 is 0 Å². The molecule has 0 aliphatic heterocycles. The molecule has 21 heavy (non-hydrogen) atoms. The summed E-state index contributed by atoms with van der Waals surface area (Å²) in [5.41, 5.74) is 2.62. The maximum Gasteiger partial charge on any atom is 0.238 e. The molecule has 0 saturated carbocycles. The number of aliphatic hydroxyl groups is 1. The predicted octanol–water partition coefficient (Wildman–Crippen LogP) is 1.84. The van der Waals surface area contributed by atoms with Crippen LogP contribution < -0.4 is 5.32 Å². The highest BCUT2D eigenvalue weighted by molar-refractivity contribution is 6.34. The van der Waals surface area contributed by atoms with Crippen LogP contribution in [0.25, 0.3) is 0 Å². The number of hydrogen-bond acceptors (Lipinski definition) is 4. The van der Waals surface area contributed by atoms with Crippen LogP contribution in [0.3, 0.4) is 0 Å². The van der Waals surface area contributed by atoms with Crippen molar-refractivity contribution in [3.8, 4) is 0 Å². The van der Waals surface area contributed by atoms with Gasteiger partial charge >= 0.3 is 0 Å². The van der Waals surface area contributed by atoms with Crippen LogP contribution in [0.1, 0.15) is 11.1 Å². The van der Waals surface area contributed by atoms with Crippen LogP contribution in [0.4, 0.5) is 5.69 Å². The number of rotatable bonds is 8. The Bertz CT molecular complexity index is 457. The van der Waals surface area contributed by atoms with Crippen molar-refractivity contribution in [2.45, 2.75) is 13.8 Å². The molecule has 1 aromatic rings. The van der Waals surface area contributed by atoms with Gasteiger partial charge in [-0.05, 0) is 31.0 Å². The first-order valence-electron chi connectivity index (χ1n) is 6.86. The molecule has 0 heterocycles. The summed E-state index contributed by atoms with van der Waals surface area (Å²) in [7, 11) is 1.60. The lowest BCUT2D eigenvalue weighted by atomic mass is 10.1. The summed E-state index contributed by atoms with van der Waals surface area (Å²) < 4.78 is 4.99. The molecule has 1 rings (SSSR count). The first kappa shape index (κ1) is 17.9. The van der Waals surface area contributed by atoms with Crippen molar-refractivity contribution in [3.05, 3.63) is 28.3 Å². The normalized spacial score (nSPS) is 11.0. The fourth-order valence-electron chi connectivity index (χ4n) is 2.09. The van der Waals surface area contributed by atoms with Crippen molar-refractivity contribution in [1.29, 1.82) is 0 Å². The zero-order valence-electron chi connectivity index (χ0n) is 12.8. The number of aliphatic hydroxyl groups excluding tert-OH is 1. The molecule has 0 aliphatic rings. The fraction of sp³-hybridized carbons (Fsp3) is 0.533. The standard InChI is InChI=1S/C15H23ClN2O3/c1-11-8-12(2)15(13(16)9-11)17-14(20)10-18(4-6-19)5-7-21-3/h8-9,19H,4-7,10H2,1-3H3,(H,17,20). The van der Waals surface area contributed by atoms with E-state index in [1.165, 1.54) is 0 Å². The fourth-order valence-corrected chi connectivity index (χ4v) is 2.46. The number of benzene rings is 1. The molecule has 0 fully saturated rings. The van der Waals surface area contributed by atoms with Gasteiger partial charge in [-0.2, -0.15) is 0 Å². The van der Waals surface area contributed by atoms with Crippen molar-refractivity contribution in [2.24, 2.45) is 0 Å². The van der Waals surface area contributed by atoms with Crippen LogP contribution in [0.15, 0.2) is 12.1 Å². The molecule has 0 aromatic heterocycles. The summed E-state index contributed by atoms with van der Waals surface area (Å²) in [5.74, 6) is -0.159. The van der Waals surface area contributed by atoms with E-state index in [4.69, 9.17) is 21.4 Å². The smallest absolute Gasteiger partial charge is 0.238 e. The molecule has 0 spiro atoms. The monoisotopic (exact) mass is 314 g/mol. The number of ether oxygens (including phenoxy) is 1. The van der Waals surface area contributed by atoms with Gasteiger partial charge in [0, 0.05) is 20.2 Å². The second-order valence-corrected chi connectivity index (χ2v) is 5.39. The minimum absolute atomic E-state index is 0.00130. The SMILES string of the molecule is COCCN(CCO)CC(=O)Nc1c(C)cc(C)cc1Cl. The summed E-state index contributed by atoms with van der Waals surface area (Å²) in [6, 6.07) is 3.79. The van der Waals surface area contributed by atoms with E-state index in [0.717, 1.165) is 11.1 Å². The lowest BCUT2D eigenvalue weighted by molar-refractivity contribution is -0.117. The zero-order valence-corrected chi connectivity index (χ0v) is 13.5. The van der Waals surface area contributed by atoms with E-state index in [1.807, 2.05) is 30.9 Å². The van der Waals surface area contributed by atoms with Crippen molar-refractivity contribution < 1.29 is 14.6 Å². The van der Waals surface area contributed by atoms with Crippen LogP contribution in [0.5, 0.6) is 0 Å². The molecule has 1 amide bonds. The van der Waals surface area contributed by atoms with Gasteiger partial charge in [-0.15, -0.1) is 0 Å². The molecule has 0 bridgehead atoms. The molecule has 2 N–H and O–H groups in total. The summed E-state index contributed by atoms with van der Waals surface area (Å²) in [6.45, 7) is 5.58. The number of nitrogens with one attached hydrogen (secondary N) is 1. The zero-order chi connectivity index (χ0) is 15.8. The van der Waals surface area contributed by atoms with Gasteiger partial charge in [0.1, 0.15) is 0 Å². The number of nitrogens with zero attached hydrogens (tertiary/aromatic N) is 1. The van der Waals surface area contributed by atoms with Crippen molar-refractivity contribution in [1.82, 2.24) is 4.90 Å². The van der Waals surface area contributed by atoms with Crippen molar-refractivity contribution in [3.63, 3.8) is 0 Å². The van der Waals surface area contributed by atoms with Gasteiger partial charge in [-0.25, -0.2) is 0 Å². The third-order valence-corrected chi connectivity index (χ3v) is 3.39. The van der Waals surface area contributed by atoms with Gasteiger partial charge in [-0.3, -0.25) is 9.69 Å². The lowest BCUT2D eigenvalue weighted by Gasteiger charge is -2.21. The number of hydrogen-bond donors (Lipinski definition) is 2. The average Bonchev–Trinajstić information content (AvgIpc) is 2.40. The number of aryl methyl sites for hydroxylation is 2. The van der Waals surface area contributed by atoms with Crippen LogP contribution in [-0.2, 0) is 9.53 Å². The molecule has 0 unspecified atom stereocenters. The number of amides is 1. The Morgan fingerprint density at radius 2 is 2.10 bits per heavy atom. The molecule has 5 nitrogen and oxygen atoms in total. The summed E-state index contributed by atoms with van der Waals surface area (Å²) in [4.78, 5) is 13.9. The molecule has 6 heteroatoms. The maximum absolute atomic E-state index is 12.1. The third kappa shape index (κ3) is 6.01. The van der Waals surface area contributed by atoms with Crippen LogP contribution in [0, 0.1) is 13.8 Å². The van der Waals surface area contributed by atoms with Gasteiger partial charge in [0.15, 0.2) is 0 Å². The van der Waals surface area contributed by atoms with Gasteiger partial charge in [0.25, 0.3) is 0 Å². The highest BCUT2D eigenvalue weighted by atomic mass is 35.5. The molecule has 118 valence electrons. The Morgan fingerprint density at radius 3 is 2.67 bits per heavy atom. The Kier molecular flexibility index (Phi) is 7.67. The Balaban J connectivity index is 2.67. The summed E-state index contributed by atoms with van der Waals surface area (Å²) in [6.07, 6.45) is 0. The maximum atomic E-state index is 12.1. The van der Waals surface area contributed by atoms with Crippen LogP contribution >= 0.6 is 11.6 Å². The highest BCUT2D eigenvalue weighted by Gasteiger charge is 2.13. The van der Waals surface area contributed by atoms with E-state index in [2.05, 4.69) is 5.32 Å². The molecule has 1 aromatic carbocycles. The third-order valence-electron chi connectivity index (χ3n) is 3.09. The van der Waals surface area contributed by atoms with Crippen LogP contribution in [0.2, 0.25) is 5.02 Å². The number of anilines is 1. The Morgan fingerprint density at radius 1 is 1.38 bits per heavy atom. The van der Waals surface area contributed by atoms with E-state index in [-0.39, 0.29) is 19.1 Å². The summed E-state index contributed by atoms with van der Waals surface area (Å²) in [5, 5.41) is 12.4. The minimum Gasteiger partial charge on any atom is -0.395 e. The number of methoxy groups -OCH3 is 1. The second kappa shape index (κ2) is 9.00. The molecule has 0 atom stereocenters. The summed E-state index contributed by atoms with van der Waals surface area (Å²) >= 11 is 6.17. The quantitative estimate of drug-likeness (QED) is 0.768. The first-order valence-corrected chi connectivity index (χ1v) is 7.24. The van der Waals surface area contributed by atoms with Gasteiger partial charge in [0.2, 0.25) is 5.91 Å². The van der Waals surface area contributed by atoms with Gasteiger partial charge in [0.05, 0.1) is 30.5 Å². The Labute approximate surface area is 130 Å². The molecule has 0 aliphatic carbocycles. The highest BCUT2D eigenvalue weighted by Crippen LogP contribution is 2.27. The number of halogens is 1. The number of carbonyl (C=O) groups excluding carboxylic acids is 1. The van der Waals surface area contributed by atoms with Crippen molar-refractivity contribution >= 4 is 23.2 Å². The lowest BCUT2D eigenvalue weighted by Crippen LogP contribution is -2.37. The predicted molar refractivity (Wildman–Crippen MR) is 85.0 cm³/mol. The van der Waals surface area contributed by atoms with Gasteiger partial charge in [-0.1, -0.05) is 17.7 Å². The van der Waals surface area contributed by atoms with E-state index in [1.54, 1.807) is 7.11 Å².